The van der Waals surface area contributed by atoms with E-state index in [9.17, 15) is 0 Å². The first kappa shape index (κ1) is 14.2. The van der Waals surface area contributed by atoms with Gasteiger partial charge in [-0.1, -0.05) is 0 Å². The van der Waals surface area contributed by atoms with E-state index in [1.807, 2.05) is 6.07 Å². The second kappa shape index (κ2) is 8.28. The van der Waals surface area contributed by atoms with Gasteiger partial charge in [0.2, 0.25) is 0 Å². The molecule has 0 aromatic carbocycles. The molecule has 0 aliphatic carbocycles. The summed E-state index contributed by atoms with van der Waals surface area (Å²) in [4.78, 5) is 6.29. The molecule has 0 fully saturated rings. The number of methoxy groups -OCH3 is 2. The van der Waals surface area contributed by atoms with Crippen LogP contribution in [0.3, 0.4) is 0 Å². The Morgan fingerprint density at radius 3 is 2.41 bits per heavy atom. The van der Waals surface area contributed by atoms with Gasteiger partial charge in [-0.15, -0.1) is 11.6 Å². The Labute approximate surface area is 107 Å². The first-order valence-corrected chi connectivity index (χ1v) is 6.08. The molecule has 0 aliphatic heterocycles. The number of aromatic nitrogens is 1. The summed E-state index contributed by atoms with van der Waals surface area (Å²) >= 11 is 5.92. The second-order valence-electron chi connectivity index (χ2n) is 3.61. The molecule has 1 heterocycles. The molecular formula is C12H19ClN2O2. The van der Waals surface area contributed by atoms with E-state index in [0.717, 1.165) is 24.3 Å². The zero-order valence-electron chi connectivity index (χ0n) is 10.4. The van der Waals surface area contributed by atoms with Gasteiger partial charge in [-0.3, -0.25) is 4.98 Å². The van der Waals surface area contributed by atoms with E-state index in [-0.39, 0.29) is 0 Å². The van der Waals surface area contributed by atoms with Crippen molar-refractivity contribution in [2.24, 2.45) is 0 Å². The van der Waals surface area contributed by atoms with E-state index >= 15 is 0 Å². The van der Waals surface area contributed by atoms with E-state index in [1.54, 1.807) is 26.6 Å². The molecule has 17 heavy (non-hydrogen) atoms. The van der Waals surface area contributed by atoms with Crippen molar-refractivity contribution in [1.82, 2.24) is 4.98 Å². The van der Waals surface area contributed by atoms with Gasteiger partial charge in [0.25, 0.3) is 0 Å². The lowest BCUT2D eigenvalue weighted by atomic mass is 10.2. The molecule has 0 radical (unpaired) electrons. The Morgan fingerprint density at radius 2 is 1.88 bits per heavy atom. The summed E-state index contributed by atoms with van der Waals surface area (Å²) in [6.07, 6.45) is 3.58. The van der Waals surface area contributed by atoms with Gasteiger partial charge in [0.05, 0.1) is 19.1 Å². The number of hydrogen-bond acceptors (Lipinski definition) is 4. The molecule has 1 rings (SSSR count). The minimum atomic E-state index is 0.458. The Kier molecular flexibility index (Phi) is 6.93. The van der Waals surface area contributed by atoms with Crippen molar-refractivity contribution in [2.75, 3.05) is 45.4 Å². The maximum absolute atomic E-state index is 5.92. The molecule has 0 bridgehead atoms. The molecule has 0 saturated heterocycles. The maximum Gasteiger partial charge on any atom is 0.0637 e. The molecule has 0 spiro atoms. The van der Waals surface area contributed by atoms with Crippen LogP contribution >= 0.6 is 11.6 Å². The molecule has 0 amide bonds. The molecule has 0 atom stereocenters. The van der Waals surface area contributed by atoms with Gasteiger partial charge in [0.15, 0.2) is 0 Å². The summed E-state index contributed by atoms with van der Waals surface area (Å²) in [5, 5.41) is 0. The minimum absolute atomic E-state index is 0.458. The number of halogens is 1. The van der Waals surface area contributed by atoms with Crippen LogP contribution in [0.25, 0.3) is 0 Å². The lowest BCUT2D eigenvalue weighted by Crippen LogP contribution is -2.31. The van der Waals surface area contributed by atoms with Crippen LogP contribution in [0.15, 0.2) is 18.5 Å². The number of rotatable bonds is 8. The average Bonchev–Trinajstić information content (AvgIpc) is 2.39. The third kappa shape index (κ3) is 4.50. The third-order valence-electron chi connectivity index (χ3n) is 2.49. The van der Waals surface area contributed by atoms with E-state index in [2.05, 4.69) is 9.88 Å². The number of hydrogen-bond donors (Lipinski definition) is 0. The van der Waals surface area contributed by atoms with E-state index in [0.29, 0.717) is 19.1 Å². The Hall–Kier alpha value is -0.840. The van der Waals surface area contributed by atoms with Crippen molar-refractivity contribution in [3.63, 3.8) is 0 Å². The molecule has 0 unspecified atom stereocenters. The predicted molar refractivity (Wildman–Crippen MR) is 69.8 cm³/mol. The van der Waals surface area contributed by atoms with Crippen molar-refractivity contribution >= 4 is 17.3 Å². The van der Waals surface area contributed by atoms with Gasteiger partial charge >= 0.3 is 0 Å². The van der Waals surface area contributed by atoms with Crippen LogP contribution in [0.4, 0.5) is 5.69 Å². The molecule has 0 aliphatic rings. The minimum Gasteiger partial charge on any atom is -0.383 e. The number of nitrogens with zero attached hydrogens (tertiary/aromatic N) is 2. The van der Waals surface area contributed by atoms with Crippen LogP contribution in [-0.4, -0.2) is 45.5 Å². The van der Waals surface area contributed by atoms with E-state index < -0.39 is 0 Å². The Balaban J connectivity index is 2.78. The van der Waals surface area contributed by atoms with Crippen molar-refractivity contribution in [2.45, 2.75) is 5.88 Å². The summed E-state index contributed by atoms with van der Waals surface area (Å²) in [5.74, 6) is 0.458. The van der Waals surface area contributed by atoms with Gasteiger partial charge in [0.1, 0.15) is 0 Å². The van der Waals surface area contributed by atoms with E-state index in [4.69, 9.17) is 21.1 Å². The average molecular weight is 259 g/mol. The maximum atomic E-state index is 5.92. The van der Waals surface area contributed by atoms with Crippen LogP contribution in [-0.2, 0) is 15.4 Å². The van der Waals surface area contributed by atoms with Gasteiger partial charge in [-0.2, -0.15) is 0 Å². The summed E-state index contributed by atoms with van der Waals surface area (Å²) < 4.78 is 10.2. The largest absolute Gasteiger partial charge is 0.383 e. The highest BCUT2D eigenvalue weighted by Crippen LogP contribution is 2.20. The fourth-order valence-electron chi connectivity index (χ4n) is 1.59. The number of alkyl halides is 1. The molecule has 1 aromatic rings. The topological polar surface area (TPSA) is 34.6 Å². The van der Waals surface area contributed by atoms with Gasteiger partial charge < -0.3 is 14.4 Å². The molecule has 0 saturated carbocycles. The highest BCUT2D eigenvalue weighted by Gasteiger charge is 2.10. The molecule has 4 nitrogen and oxygen atoms in total. The fourth-order valence-corrected chi connectivity index (χ4v) is 1.79. The fraction of sp³-hybridized carbons (Fsp3) is 0.583. The second-order valence-corrected chi connectivity index (χ2v) is 3.88. The third-order valence-corrected chi connectivity index (χ3v) is 2.78. The standard InChI is InChI=1S/C12H19ClN2O2/c1-16-7-5-15(6-8-17-2)12-3-4-14-10-11(12)9-13/h3-4,10H,5-9H2,1-2H3. The predicted octanol–water partition coefficient (Wildman–Crippen LogP) is 1.92. The zero-order valence-corrected chi connectivity index (χ0v) is 11.1. The van der Waals surface area contributed by atoms with Crippen molar-refractivity contribution in [3.05, 3.63) is 24.0 Å². The summed E-state index contributed by atoms with van der Waals surface area (Å²) in [5.41, 5.74) is 2.13. The normalized spacial score (nSPS) is 10.5. The quantitative estimate of drug-likeness (QED) is 0.668. The highest BCUT2D eigenvalue weighted by atomic mass is 35.5. The first-order chi connectivity index (χ1) is 8.33. The van der Waals surface area contributed by atoms with Gasteiger partial charge in [-0.05, 0) is 6.07 Å². The smallest absolute Gasteiger partial charge is 0.0637 e. The van der Waals surface area contributed by atoms with Crippen molar-refractivity contribution in [3.8, 4) is 0 Å². The van der Waals surface area contributed by atoms with Crippen LogP contribution in [0.5, 0.6) is 0 Å². The Bertz CT molecular complexity index is 315. The molecular weight excluding hydrogens is 240 g/mol. The van der Waals surface area contributed by atoms with Crippen LogP contribution in [0.2, 0.25) is 0 Å². The highest BCUT2D eigenvalue weighted by molar-refractivity contribution is 6.17. The van der Waals surface area contributed by atoms with Crippen LogP contribution in [0.1, 0.15) is 5.56 Å². The Morgan fingerprint density at radius 1 is 1.24 bits per heavy atom. The van der Waals surface area contributed by atoms with Crippen molar-refractivity contribution < 1.29 is 9.47 Å². The zero-order chi connectivity index (χ0) is 12.5. The summed E-state index contributed by atoms with van der Waals surface area (Å²) in [6, 6.07) is 1.98. The van der Waals surface area contributed by atoms with Gasteiger partial charge in [-0.25, -0.2) is 0 Å². The SMILES string of the molecule is COCCN(CCOC)c1ccncc1CCl. The number of pyridine rings is 1. The van der Waals surface area contributed by atoms with Crippen molar-refractivity contribution in [1.29, 1.82) is 0 Å². The molecule has 5 heteroatoms. The molecule has 96 valence electrons. The van der Waals surface area contributed by atoms with Gasteiger partial charge in [0, 0.05) is 51.0 Å². The van der Waals surface area contributed by atoms with E-state index in [1.165, 1.54) is 0 Å². The molecule has 1 aromatic heterocycles. The number of anilines is 1. The van der Waals surface area contributed by atoms with Crippen LogP contribution < -0.4 is 4.90 Å². The lowest BCUT2D eigenvalue weighted by Gasteiger charge is -2.26. The summed E-state index contributed by atoms with van der Waals surface area (Å²) in [6.45, 7) is 2.98. The summed E-state index contributed by atoms with van der Waals surface area (Å²) in [7, 11) is 3.40. The first-order valence-electron chi connectivity index (χ1n) is 5.55. The monoisotopic (exact) mass is 258 g/mol. The van der Waals surface area contributed by atoms with Crippen LogP contribution in [0, 0.1) is 0 Å². The lowest BCUT2D eigenvalue weighted by molar-refractivity contribution is 0.190. The number of ether oxygens (including phenoxy) is 2. The molecule has 0 N–H and O–H groups in total.